The number of rotatable bonds is 1. The van der Waals surface area contributed by atoms with Crippen LogP contribution in [0.15, 0.2) is 29.0 Å². The van der Waals surface area contributed by atoms with Gasteiger partial charge < -0.3 is 9.67 Å². The van der Waals surface area contributed by atoms with Crippen LogP contribution in [0.3, 0.4) is 0 Å². The molecule has 0 bridgehead atoms. The Hall–Kier alpha value is -1.70. The fourth-order valence-corrected chi connectivity index (χ4v) is 3.11. The quantitative estimate of drug-likeness (QED) is 0.537. The SMILES string of the molecule is Cc1ncn2c1Cn1nc([C@H](C)O)nc1-c1cc(Br)ccc1-2.Cl. The minimum atomic E-state index is -0.693. The number of hydrogen-bond donors (Lipinski definition) is 1. The summed E-state index contributed by atoms with van der Waals surface area (Å²) in [5.74, 6) is 1.20. The van der Waals surface area contributed by atoms with E-state index >= 15 is 0 Å². The summed E-state index contributed by atoms with van der Waals surface area (Å²) in [4.78, 5) is 8.95. The van der Waals surface area contributed by atoms with Gasteiger partial charge in [-0.15, -0.1) is 12.4 Å². The van der Waals surface area contributed by atoms with Gasteiger partial charge in [0.2, 0.25) is 0 Å². The fourth-order valence-electron chi connectivity index (χ4n) is 2.75. The topological polar surface area (TPSA) is 68.8 Å². The molecule has 3 aromatic rings. The van der Waals surface area contributed by atoms with Crippen molar-refractivity contribution in [3.05, 3.63) is 46.2 Å². The number of hydrogen-bond acceptors (Lipinski definition) is 4. The standard InChI is InChI=1S/C15H14BrN5O.ClH/c1-8-13-6-21-15(18-14(19-21)9(2)22)11-5-10(16)3-4-12(11)20(13)7-17-8;/h3-5,7,9,22H,6H2,1-2H3;1H/t9-;/m0./s1. The number of benzene rings is 1. The number of aliphatic hydroxyl groups is 1. The van der Waals surface area contributed by atoms with Crippen LogP contribution >= 0.6 is 28.3 Å². The van der Waals surface area contributed by atoms with E-state index in [1.54, 1.807) is 6.92 Å². The van der Waals surface area contributed by atoms with Gasteiger partial charge in [0, 0.05) is 10.0 Å². The lowest BCUT2D eigenvalue weighted by Gasteiger charge is -2.08. The van der Waals surface area contributed by atoms with Crippen molar-refractivity contribution in [1.29, 1.82) is 0 Å². The lowest BCUT2D eigenvalue weighted by atomic mass is 10.1. The zero-order chi connectivity index (χ0) is 15.4. The van der Waals surface area contributed by atoms with E-state index in [0.717, 1.165) is 32.9 Å². The van der Waals surface area contributed by atoms with Crippen LogP contribution in [0, 0.1) is 6.92 Å². The lowest BCUT2D eigenvalue weighted by Crippen LogP contribution is -2.06. The van der Waals surface area contributed by atoms with Crippen LogP contribution in [-0.2, 0) is 6.54 Å². The van der Waals surface area contributed by atoms with Gasteiger partial charge in [-0.3, -0.25) is 0 Å². The molecule has 0 unspecified atom stereocenters. The number of aromatic nitrogens is 5. The van der Waals surface area contributed by atoms with E-state index in [9.17, 15) is 5.11 Å². The molecule has 1 aromatic carbocycles. The molecule has 0 fully saturated rings. The van der Waals surface area contributed by atoms with Crippen molar-refractivity contribution < 1.29 is 5.11 Å². The van der Waals surface area contributed by atoms with Gasteiger partial charge in [0.15, 0.2) is 11.6 Å². The van der Waals surface area contributed by atoms with E-state index in [1.165, 1.54) is 0 Å². The molecule has 0 spiro atoms. The van der Waals surface area contributed by atoms with Gasteiger partial charge in [0.05, 0.1) is 29.9 Å². The Morgan fingerprint density at radius 3 is 2.87 bits per heavy atom. The Labute approximate surface area is 147 Å². The molecule has 6 nitrogen and oxygen atoms in total. The maximum atomic E-state index is 9.79. The summed E-state index contributed by atoms with van der Waals surface area (Å²) < 4.78 is 4.88. The Morgan fingerprint density at radius 1 is 1.35 bits per heavy atom. The maximum Gasteiger partial charge on any atom is 0.179 e. The second kappa shape index (κ2) is 5.74. The molecule has 0 saturated carbocycles. The highest BCUT2D eigenvalue weighted by Gasteiger charge is 2.24. The summed E-state index contributed by atoms with van der Waals surface area (Å²) >= 11 is 3.52. The summed E-state index contributed by atoms with van der Waals surface area (Å²) in [7, 11) is 0. The van der Waals surface area contributed by atoms with Crippen LogP contribution in [0.2, 0.25) is 0 Å². The van der Waals surface area contributed by atoms with Gasteiger partial charge in [0.25, 0.3) is 0 Å². The zero-order valence-corrected chi connectivity index (χ0v) is 15.0. The third-order valence-corrected chi connectivity index (χ3v) is 4.39. The molecule has 0 aliphatic carbocycles. The molecule has 23 heavy (non-hydrogen) atoms. The molecular formula is C15H15BrClN5O. The van der Waals surface area contributed by atoms with Gasteiger partial charge >= 0.3 is 0 Å². The number of fused-ring (bicyclic) bond motifs is 5. The van der Waals surface area contributed by atoms with Crippen LogP contribution in [0.5, 0.6) is 0 Å². The van der Waals surface area contributed by atoms with Crippen molar-refractivity contribution >= 4 is 28.3 Å². The van der Waals surface area contributed by atoms with Crippen LogP contribution in [0.1, 0.15) is 30.2 Å². The highest BCUT2D eigenvalue weighted by atomic mass is 79.9. The summed E-state index contributed by atoms with van der Waals surface area (Å²) in [5, 5.41) is 14.2. The molecule has 2 aromatic heterocycles. The molecule has 1 N–H and O–H groups in total. The Morgan fingerprint density at radius 2 is 2.13 bits per heavy atom. The molecule has 0 radical (unpaired) electrons. The van der Waals surface area contributed by atoms with Crippen LogP contribution in [-0.4, -0.2) is 29.4 Å². The summed E-state index contributed by atoms with van der Waals surface area (Å²) in [6.45, 7) is 4.24. The first kappa shape index (κ1) is 16.2. The van der Waals surface area contributed by atoms with Crippen LogP contribution in [0.25, 0.3) is 17.1 Å². The van der Waals surface area contributed by atoms with Gasteiger partial charge in [0.1, 0.15) is 6.10 Å². The predicted molar refractivity (Wildman–Crippen MR) is 92.0 cm³/mol. The normalized spacial score (nSPS) is 13.4. The molecule has 0 amide bonds. The first-order chi connectivity index (χ1) is 10.5. The minimum Gasteiger partial charge on any atom is -0.385 e. The van der Waals surface area contributed by atoms with Crippen molar-refractivity contribution in [2.24, 2.45) is 0 Å². The van der Waals surface area contributed by atoms with Crippen molar-refractivity contribution in [3.63, 3.8) is 0 Å². The maximum absolute atomic E-state index is 9.79. The monoisotopic (exact) mass is 395 g/mol. The number of imidazole rings is 1. The smallest absolute Gasteiger partial charge is 0.179 e. The largest absolute Gasteiger partial charge is 0.385 e. The first-order valence-electron chi connectivity index (χ1n) is 7.00. The Bertz CT molecular complexity index is 886. The van der Waals surface area contributed by atoms with Gasteiger partial charge in [-0.2, -0.15) is 5.10 Å². The number of aliphatic hydroxyl groups excluding tert-OH is 1. The predicted octanol–water partition coefficient (Wildman–Crippen LogP) is 3.04. The van der Waals surface area contributed by atoms with Crippen LogP contribution < -0.4 is 0 Å². The van der Waals surface area contributed by atoms with E-state index in [4.69, 9.17) is 0 Å². The van der Waals surface area contributed by atoms with E-state index in [0.29, 0.717) is 12.4 Å². The molecule has 3 heterocycles. The van der Waals surface area contributed by atoms with Crippen LogP contribution in [0.4, 0.5) is 0 Å². The highest BCUT2D eigenvalue weighted by molar-refractivity contribution is 9.10. The van der Waals surface area contributed by atoms with Gasteiger partial charge in [-0.25, -0.2) is 14.6 Å². The second-order valence-electron chi connectivity index (χ2n) is 5.44. The molecule has 1 aliphatic heterocycles. The summed E-state index contributed by atoms with van der Waals surface area (Å²) in [6.07, 6.45) is 1.14. The van der Waals surface area contributed by atoms with Crippen molar-refractivity contribution in [1.82, 2.24) is 24.3 Å². The number of nitrogens with zero attached hydrogens (tertiary/aromatic N) is 5. The average Bonchev–Trinajstić information content (AvgIpc) is 3.02. The minimum absolute atomic E-state index is 0. The van der Waals surface area contributed by atoms with Crippen molar-refractivity contribution in [2.45, 2.75) is 26.5 Å². The van der Waals surface area contributed by atoms with E-state index in [2.05, 4.69) is 35.6 Å². The van der Waals surface area contributed by atoms with Crippen molar-refractivity contribution in [2.75, 3.05) is 0 Å². The molecule has 120 valence electrons. The zero-order valence-electron chi connectivity index (χ0n) is 12.6. The van der Waals surface area contributed by atoms with Crippen molar-refractivity contribution in [3.8, 4) is 17.1 Å². The Kier molecular flexibility index (Phi) is 4.03. The van der Waals surface area contributed by atoms with E-state index in [1.807, 2.05) is 36.1 Å². The molecule has 4 rings (SSSR count). The highest BCUT2D eigenvalue weighted by Crippen LogP contribution is 2.33. The lowest BCUT2D eigenvalue weighted by molar-refractivity contribution is 0.188. The fraction of sp³-hybridized carbons (Fsp3) is 0.267. The average molecular weight is 397 g/mol. The number of aryl methyl sites for hydroxylation is 1. The van der Waals surface area contributed by atoms with Gasteiger partial charge in [-0.1, -0.05) is 15.9 Å². The van der Waals surface area contributed by atoms with Gasteiger partial charge in [-0.05, 0) is 32.0 Å². The summed E-state index contributed by atoms with van der Waals surface area (Å²) in [5.41, 5.74) is 4.02. The van der Waals surface area contributed by atoms with E-state index in [-0.39, 0.29) is 12.4 Å². The molecule has 1 aliphatic rings. The first-order valence-corrected chi connectivity index (χ1v) is 7.80. The van der Waals surface area contributed by atoms with E-state index < -0.39 is 6.10 Å². The molecule has 8 heteroatoms. The third-order valence-electron chi connectivity index (χ3n) is 3.90. The number of halogens is 2. The summed E-state index contributed by atoms with van der Waals surface area (Å²) in [6, 6.07) is 6.06. The third kappa shape index (κ3) is 2.49. The molecule has 1 atom stereocenters. The molecular weight excluding hydrogens is 382 g/mol. The Balaban J connectivity index is 0.00000156. The second-order valence-corrected chi connectivity index (χ2v) is 6.35. The molecule has 0 saturated heterocycles.